The van der Waals surface area contributed by atoms with Gasteiger partial charge in [0.15, 0.2) is 0 Å². The first-order valence-electron chi connectivity index (χ1n) is 8.09. The molecule has 1 aliphatic heterocycles. The molecule has 2 aromatic rings. The van der Waals surface area contributed by atoms with Gasteiger partial charge in [-0.3, -0.25) is 9.69 Å². The van der Waals surface area contributed by atoms with Crippen molar-refractivity contribution in [1.82, 2.24) is 4.90 Å². The number of hydrogen-bond acceptors (Lipinski definition) is 6. The van der Waals surface area contributed by atoms with Gasteiger partial charge in [0, 0.05) is 19.6 Å². The van der Waals surface area contributed by atoms with Gasteiger partial charge >= 0.3 is 5.97 Å². The van der Waals surface area contributed by atoms with Crippen LogP contribution in [0.25, 0.3) is 10.8 Å². The largest absolute Gasteiger partial charge is 0.506 e. The Morgan fingerprint density at radius 2 is 1.96 bits per heavy atom. The summed E-state index contributed by atoms with van der Waals surface area (Å²) in [7, 11) is 0. The van der Waals surface area contributed by atoms with Crippen molar-refractivity contribution in [2.45, 2.75) is 0 Å². The average molecular weight is 344 g/mol. The Kier molecular flexibility index (Phi) is 5.16. The van der Waals surface area contributed by atoms with Crippen LogP contribution in [0.2, 0.25) is 0 Å². The molecule has 3 N–H and O–H groups in total. The molecule has 3 rings (SSSR count). The number of nitrogens with zero attached hydrogens (tertiary/aromatic N) is 1. The van der Waals surface area contributed by atoms with Gasteiger partial charge in [0.25, 0.3) is 5.91 Å². The predicted molar refractivity (Wildman–Crippen MR) is 91.7 cm³/mol. The van der Waals surface area contributed by atoms with E-state index in [1.165, 1.54) is 6.07 Å². The highest BCUT2D eigenvalue weighted by atomic mass is 16.5. The number of amides is 1. The molecule has 7 heteroatoms. The van der Waals surface area contributed by atoms with Crippen LogP contribution in [-0.2, 0) is 9.47 Å². The molecule has 25 heavy (non-hydrogen) atoms. The minimum atomic E-state index is -0.795. The summed E-state index contributed by atoms with van der Waals surface area (Å²) in [5.41, 5.74) is 5.25. The number of fused-ring (bicyclic) bond motifs is 1. The number of morpholine rings is 1. The molecule has 0 atom stereocenters. The van der Waals surface area contributed by atoms with Crippen LogP contribution in [0, 0.1) is 0 Å². The number of carbonyl (C=O) groups is 2. The highest BCUT2D eigenvalue weighted by Gasteiger charge is 2.22. The van der Waals surface area contributed by atoms with Crippen LogP contribution in [0.3, 0.4) is 0 Å². The van der Waals surface area contributed by atoms with Crippen molar-refractivity contribution >= 4 is 22.6 Å². The van der Waals surface area contributed by atoms with Crippen LogP contribution in [0.5, 0.6) is 5.75 Å². The Morgan fingerprint density at radius 3 is 2.68 bits per heavy atom. The lowest BCUT2D eigenvalue weighted by atomic mass is 9.99. The predicted octanol–water partition coefficient (Wildman–Crippen LogP) is 1.13. The molecule has 1 heterocycles. The lowest BCUT2D eigenvalue weighted by Crippen LogP contribution is -2.38. The number of ether oxygens (including phenoxy) is 2. The zero-order valence-corrected chi connectivity index (χ0v) is 13.7. The first-order chi connectivity index (χ1) is 12.1. The summed E-state index contributed by atoms with van der Waals surface area (Å²) in [6.07, 6.45) is 0. The fourth-order valence-corrected chi connectivity index (χ4v) is 2.91. The van der Waals surface area contributed by atoms with E-state index in [4.69, 9.17) is 15.2 Å². The highest BCUT2D eigenvalue weighted by molar-refractivity contribution is 6.12. The van der Waals surface area contributed by atoms with Gasteiger partial charge in [-0.15, -0.1) is 0 Å². The second-order valence-corrected chi connectivity index (χ2v) is 5.82. The molecule has 7 nitrogen and oxygen atoms in total. The molecule has 1 saturated heterocycles. The van der Waals surface area contributed by atoms with E-state index in [0.29, 0.717) is 30.5 Å². The van der Waals surface area contributed by atoms with Crippen molar-refractivity contribution < 1.29 is 24.2 Å². The minimum Gasteiger partial charge on any atom is -0.506 e. The van der Waals surface area contributed by atoms with E-state index in [2.05, 4.69) is 4.90 Å². The van der Waals surface area contributed by atoms with Crippen LogP contribution in [0.15, 0.2) is 30.3 Å². The molecule has 0 aliphatic carbocycles. The summed E-state index contributed by atoms with van der Waals surface area (Å²) >= 11 is 0. The average Bonchev–Trinajstić information content (AvgIpc) is 2.61. The molecule has 1 amide bonds. The Bertz CT molecular complexity index is 799. The van der Waals surface area contributed by atoms with Crippen molar-refractivity contribution in [3.05, 3.63) is 41.5 Å². The molecule has 0 spiro atoms. The van der Waals surface area contributed by atoms with Gasteiger partial charge in [0.2, 0.25) is 0 Å². The van der Waals surface area contributed by atoms with E-state index in [-0.39, 0.29) is 17.7 Å². The lowest BCUT2D eigenvalue weighted by molar-refractivity contribution is 0.0194. The van der Waals surface area contributed by atoms with Gasteiger partial charge < -0.3 is 20.3 Å². The number of hydrogen-bond donors (Lipinski definition) is 2. The molecule has 0 unspecified atom stereocenters. The van der Waals surface area contributed by atoms with Crippen LogP contribution in [0.4, 0.5) is 0 Å². The number of aromatic hydroxyl groups is 1. The van der Waals surface area contributed by atoms with E-state index in [0.717, 1.165) is 13.1 Å². The van der Waals surface area contributed by atoms with Gasteiger partial charge in [-0.2, -0.15) is 0 Å². The molecular weight excluding hydrogens is 324 g/mol. The van der Waals surface area contributed by atoms with E-state index >= 15 is 0 Å². The number of nitrogens with two attached hydrogens (primary N) is 1. The molecule has 1 fully saturated rings. The van der Waals surface area contributed by atoms with Gasteiger partial charge in [0.05, 0.1) is 18.8 Å². The Labute approximate surface area is 144 Å². The van der Waals surface area contributed by atoms with Gasteiger partial charge in [-0.25, -0.2) is 4.79 Å². The maximum atomic E-state index is 12.3. The first kappa shape index (κ1) is 17.2. The van der Waals surface area contributed by atoms with Crippen molar-refractivity contribution in [3.63, 3.8) is 0 Å². The molecular formula is C18H20N2O5. The highest BCUT2D eigenvalue weighted by Crippen LogP contribution is 2.31. The standard InChI is InChI=1S/C18H20N2O5/c19-17(22)15-13-4-2-1-3-12(13)11-14(16(15)21)18(23)25-10-7-20-5-8-24-9-6-20/h1-4,11,21H,5-10H2,(H2,19,22). The third-order valence-electron chi connectivity index (χ3n) is 4.23. The summed E-state index contributed by atoms with van der Waals surface area (Å²) in [6.45, 7) is 3.71. The number of benzene rings is 2. The third-order valence-corrected chi connectivity index (χ3v) is 4.23. The molecule has 2 aromatic carbocycles. The topological polar surface area (TPSA) is 102 Å². The van der Waals surface area contributed by atoms with Crippen LogP contribution >= 0.6 is 0 Å². The summed E-state index contributed by atoms with van der Waals surface area (Å²) in [5.74, 6) is -1.92. The smallest absolute Gasteiger partial charge is 0.342 e. The number of esters is 1. The van der Waals surface area contributed by atoms with Crippen LogP contribution in [-0.4, -0.2) is 61.3 Å². The summed E-state index contributed by atoms with van der Waals surface area (Å²) in [5, 5.41) is 11.5. The number of carbonyl (C=O) groups excluding carboxylic acids is 2. The molecule has 0 aromatic heterocycles. The summed E-state index contributed by atoms with van der Waals surface area (Å²) in [4.78, 5) is 26.2. The van der Waals surface area contributed by atoms with E-state index in [1.54, 1.807) is 24.3 Å². The van der Waals surface area contributed by atoms with Crippen LogP contribution < -0.4 is 5.73 Å². The zero-order chi connectivity index (χ0) is 17.8. The number of rotatable bonds is 5. The van der Waals surface area contributed by atoms with Crippen molar-refractivity contribution in [1.29, 1.82) is 0 Å². The number of phenols is 1. The summed E-state index contributed by atoms with van der Waals surface area (Å²) < 4.78 is 10.5. The lowest BCUT2D eigenvalue weighted by Gasteiger charge is -2.26. The van der Waals surface area contributed by atoms with Crippen molar-refractivity contribution in [3.8, 4) is 5.75 Å². The molecule has 1 aliphatic rings. The van der Waals surface area contributed by atoms with E-state index < -0.39 is 17.6 Å². The SMILES string of the molecule is NC(=O)c1c(O)c(C(=O)OCCN2CCOCC2)cc2ccccc12. The van der Waals surface area contributed by atoms with E-state index in [9.17, 15) is 14.7 Å². The minimum absolute atomic E-state index is 0.0607. The third kappa shape index (κ3) is 3.72. The Balaban J connectivity index is 1.78. The maximum absolute atomic E-state index is 12.3. The number of primary amides is 1. The van der Waals surface area contributed by atoms with Crippen LogP contribution in [0.1, 0.15) is 20.7 Å². The maximum Gasteiger partial charge on any atom is 0.342 e. The van der Waals surface area contributed by atoms with Crippen molar-refractivity contribution in [2.75, 3.05) is 39.5 Å². The van der Waals surface area contributed by atoms with Gasteiger partial charge in [0.1, 0.15) is 17.9 Å². The monoisotopic (exact) mass is 344 g/mol. The molecule has 0 saturated carbocycles. The fraction of sp³-hybridized carbons (Fsp3) is 0.333. The second-order valence-electron chi connectivity index (χ2n) is 5.82. The normalized spacial score (nSPS) is 15.2. The molecule has 0 bridgehead atoms. The quantitative estimate of drug-likeness (QED) is 0.789. The fourth-order valence-electron chi connectivity index (χ4n) is 2.91. The van der Waals surface area contributed by atoms with Gasteiger partial charge in [-0.05, 0) is 16.8 Å². The Morgan fingerprint density at radius 1 is 1.24 bits per heavy atom. The van der Waals surface area contributed by atoms with Crippen molar-refractivity contribution in [2.24, 2.45) is 5.73 Å². The summed E-state index contributed by atoms with van der Waals surface area (Å²) in [6, 6.07) is 8.43. The second kappa shape index (κ2) is 7.50. The van der Waals surface area contributed by atoms with Gasteiger partial charge in [-0.1, -0.05) is 24.3 Å². The molecule has 132 valence electrons. The Hall–Kier alpha value is -2.64. The first-order valence-corrected chi connectivity index (χ1v) is 8.09. The zero-order valence-electron chi connectivity index (χ0n) is 13.7. The van der Waals surface area contributed by atoms with E-state index in [1.807, 2.05) is 0 Å². The molecule has 0 radical (unpaired) electrons.